The molecule has 0 bridgehead atoms. The first-order valence-electron chi connectivity index (χ1n) is 10.9. The Bertz CT molecular complexity index is 1150. The highest BCUT2D eigenvalue weighted by molar-refractivity contribution is 6.99. The number of hydrogen-bond donors (Lipinski definition) is 1. The summed E-state index contributed by atoms with van der Waals surface area (Å²) in [6.45, 7) is 6.90. The number of aromatic nitrogens is 2. The summed E-state index contributed by atoms with van der Waals surface area (Å²) < 4.78 is 27.8. The fourth-order valence-corrected chi connectivity index (χ4v) is 8.92. The van der Waals surface area contributed by atoms with Crippen LogP contribution in [0.15, 0.2) is 83.8 Å². The lowest BCUT2D eigenvalue weighted by atomic mass is 10.2. The van der Waals surface area contributed by atoms with Crippen molar-refractivity contribution in [3.63, 3.8) is 0 Å². The van der Waals surface area contributed by atoms with Crippen molar-refractivity contribution in [2.24, 2.45) is 0 Å². The summed E-state index contributed by atoms with van der Waals surface area (Å²) in [7, 11) is -2.72. The van der Waals surface area contributed by atoms with E-state index in [0.29, 0.717) is 6.61 Å². The second kappa shape index (κ2) is 9.05. The Morgan fingerprint density at radius 1 is 1.06 bits per heavy atom. The SMILES string of the molecule is CC(C)(C)[Si](OC[C@H]1C=C[C@H](n2cc(F)c(N)nc2=O)O1)(c1ccccc1)c1ccccc1. The van der Waals surface area contributed by atoms with Crippen molar-refractivity contribution in [3.05, 3.63) is 95.3 Å². The van der Waals surface area contributed by atoms with Gasteiger partial charge < -0.3 is 14.9 Å². The highest BCUT2D eigenvalue weighted by atomic mass is 28.4. The monoisotopic (exact) mass is 465 g/mol. The molecular formula is C25H28FN3O3Si. The third kappa shape index (κ3) is 4.41. The lowest BCUT2D eigenvalue weighted by Crippen LogP contribution is -2.67. The first kappa shape index (κ1) is 23.1. The largest absolute Gasteiger partial charge is 0.404 e. The number of rotatable bonds is 6. The van der Waals surface area contributed by atoms with E-state index < -0.39 is 38.0 Å². The van der Waals surface area contributed by atoms with E-state index in [1.165, 1.54) is 10.4 Å². The smallest absolute Gasteiger partial charge is 0.352 e. The Morgan fingerprint density at radius 3 is 2.18 bits per heavy atom. The molecule has 2 N–H and O–H groups in total. The topological polar surface area (TPSA) is 79.4 Å². The van der Waals surface area contributed by atoms with Crippen molar-refractivity contribution >= 4 is 24.5 Å². The average Bonchev–Trinajstić information content (AvgIpc) is 3.26. The summed E-state index contributed by atoms with van der Waals surface area (Å²) in [4.78, 5) is 15.7. The number of ether oxygens (including phenoxy) is 1. The summed E-state index contributed by atoms with van der Waals surface area (Å²) in [5, 5.41) is 2.17. The number of anilines is 1. The molecule has 0 unspecified atom stereocenters. The maximum Gasteiger partial charge on any atom is 0.352 e. The third-order valence-corrected chi connectivity index (χ3v) is 10.9. The summed E-state index contributed by atoms with van der Waals surface area (Å²) in [6.07, 6.45) is 3.39. The van der Waals surface area contributed by atoms with Crippen LogP contribution in [0, 0.1) is 5.82 Å². The van der Waals surface area contributed by atoms with Crippen LogP contribution in [0.4, 0.5) is 10.2 Å². The summed E-state index contributed by atoms with van der Waals surface area (Å²) in [5.74, 6) is -1.19. The van der Waals surface area contributed by atoms with Crippen molar-refractivity contribution in [1.82, 2.24) is 9.55 Å². The number of nitrogens with two attached hydrogens (primary N) is 1. The molecule has 8 heteroatoms. The number of benzene rings is 2. The van der Waals surface area contributed by atoms with Gasteiger partial charge in [0.1, 0.15) is 6.10 Å². The summed E-state index contributed by atoms with van der Waals surface area (Å²) in [6, 6.07) is 20.6. The van der Waals surface area contributed by atoms with Gasteiger partial charge in [-0.2, -0.15) is 4.98 Å². The lowest BCUT2D eigenvalue weighted by Gasteiger charge is -2.43. The van der Waals surface area contributed by atoms with Gasteiger partial charge in [0.25, 0.3) is 8.32 Å². The first-order chi connectivity index (χ1) is 15.7. The van der Waals surface area contributed by atoms with Gasteiger partial charge in [-0.15, -0.1) is 0 Å². The van der Waals surface area contributed by atoms with E-state index in [1.54, 1.807) is 6.08 Å². The zero-order chi connectivity index (χ0) is 23.6. The van der Waals surface area contributed by atoms with Crippen LogP contribution in [-0.4, -0.2) is 30.6 Å². The van der Waals surface area contributed by atoms with Gasteiger partial charge in [0.2, 0.25) is 0 Å². The fraction of sp³-hybridized carbons (Fsp3) is 0.280. The van der Waals surface area contributed by atoms with E-state index in [1.807, 2.05) is 42.5 Å². The van der Waals surface area contributed by atoms with Gasteiger partial charge in [-0.25, -0.2) is 9.18 Å². The lowest BCUT2D eigenvalue weighted by molar-refractivity contribution is -0.00744. The quantitative estimate of drug-likeness (QED) is 0.447. The molecule has 2 heterocycles. The van der Waals surface area contributed by atoms with Crippen molar-refractivity contribution in [1.29, 1.82) is 0 Å². The van der Waals surface area contributed by atoms with E-state index in [-0.39, 0.29) is 5.04 Å². The predicted molar refractivity (Wildman–Crippen MR) is 129 cm³/mol. The highest BCUT2D eigenvalue weighted by Crippen LogP contribution is 2.37. The minimum absolute atomic E-state index is 0.168. The third-order valence-electron chi connectivity index (χ3n) is 5.89. The van der Waals surface area contributed by atoms with E-state index in [2.05, 4.69) is 50.0 Å². The minimum atomic E-state index is -2.72. The van der Waals surface area contributed by atoms with E-state index in [0.717, 1.165) is 10.8 Å². The van der Waals surface area contributed by atoms with Crippen LogP contribution in [0.5, 0.6) is 0 Å². The number of halogens is 1. The average molecular weight is 466 g/mol. The normalized spacial score (nSPS) is 18.5. The zero-order valence-electron chi connectivity index (χ0n) is 18.9. The van der Waals surface area contributed by atoms with Crippen molar-refractivity contribution < 1.29 is 13.6 Å². The molecule has 0 aliphatic carbocycles. The van der Waals surface area contributed by atoms with E-state index in [9.17, 15) is 9.18 Å². The van der Waals surface area contributed by atoms with Gasteiger partial charge in [0.05, 0.1) is 12.8 Å². The molecule has 2 aromatic carbocycles. The van der Waals surface area contributed by atoms with Gasteiger partial charge in [-0.3, -0.25) is 4.57 Å². The predicted octanol–water partition coefficient (Wildman–Crippen LogP) is 2.99. The minimum Gasteiger partial charge on any atom is -0.404 e. The standard InChI is InChI=1S/C25H28FN3O3Si/c1-25(2,3)33(19-10-6-4-7-11-19,20-12-8-5-9-13-20)31-17-18-14-15-22(32-18)29-16-21(26)23(27)28-24(29)30/h4-16,18,22H,17H2,1-3H3,(H2,27,28,30)/t18-,22-/m1/s1. The molecule has 6 nitrogen and oxygen atoms in total. The molecule has 0 saturated heterocycles. The van der Waals surface area contributed by atoms with Crippen LogP contribution < -0.4 is 21.8 Å². The van der Waals surface area contributed by atoms with Gasteiger partial charge in [0, 0.05) is 0 Å². The Hall–Kier alpha value is -3.07. The molecule has 33 heavy (non-hydrogen) atoms. The van der Waals surface area contributed by atoms with Crippen LogP contribution >= 0.6 is 0 Å². The molecule has 1 aliphatic rings. The van der Waals surface area contributed by atoms with Gasteiger partial charge in [-0.05, 0) is 21.5 Å². The van der Waals surface area contributed by atoms with Crippen LogP contribution in [0.1, 0.15) is 27.0 Å². The molecule has 0 saturated carbocycles. The molecule has 0 spiro atoms. The Labute approximate surface area is 193 Å². The molecule has 4 rings (SSSR count). The molecule has 172 valence electrons. The zero-order valence-corrected chi connectivity index (χ0v) is 19.9. The van der Waals surface area contributed by atoms with Crippen LogP contribution in [0.25, 0.3) is 0 Å². The Kier molecular flexibility index (Phi) is 6.33. The van der Waals surface area contributed by atoms with Gasteiger partial charge in [0.15, 0.2) is 17.9 Å². The summed E-state index contributed by atoms with van der Waals surface area (Å²) >= 11 is 0. The maximum absolute atomic E-state index is 13.9. The molecule has 0 amide bonds. The Balaban J connectivity index is 1.62. The van der Waals surface area contributed by atoms with Crippen LogP contribution in [-0.2, 0) is 9.16 Å². The molecule has 0 fully saturated rings. The van der Waals surface area contributed by atoms with Crippen molar-refractivity contribution in [2.75, 3.05) is 12.3 Å². The van der Waals surface area contributed by atoms with Crippen molar-refractivity contribution in [2.45, 2.75) is 38.1 Å². The van der Waals surface area contributed by atoms with Gasteiger partial charge >= 0.3 is 5.69 Å². The molecule has 3 aromatic rings. The number of nitrogen functional groups attached to an aromatic ring is 1. The fourth-order valence-electron chi connectivity index (χ4n) is 4.35. The molecule has 1 aliphatic heterocycles. The van der Waals surface area contributed by atoms with E-state index >= 15 is 0 Å². The molecular weight excluding hydrogens is 437 g/mol. The first-order valence-corrected chi connectivity index (χ1v) is 12.8. The molecule has 1 aromatic heterocycles. The second-order valence-corrected chi connectivity index (χ2v) is 13.4. The van der Waals surface area contributed by atoms with Crippen LogP contribution in [0.2, 0.25) is 5.04 Å². The second-order valence-electron chi connectivity index (χ2n) is 9.09. The van der Waals surface area contributed by atoms with E-state index in [4.69, 9.17) is 14.9 Å². The maximum atomic E-state index is 13.9. The molecule has 2 atom stereocenters. The molecule has 0 radical (unpaired) electrons. The van der Waals surface area contributed by atoms with Crippen molar-refractivity contribution in [3.8, 4) is 0 Å². The summed E-state index contributed by atoms with van der Waals surface area (Å²) in [5.41, 5.74) is 4.72. The van der Waals surface area contributed by atoms with Crippen LogP contribution in [0.3, 0.4) is 0 Å². The number of hydrogen-bond acceptors (Lipinski definition) is 5. The number of nitrogens with zero attached hydrogens (tertiary/aromatic N) is 2. The Morgan fingerprint density at radius 2 is 1.64 bits per heavy atom. The highest BCUT2D eigenvalue weighted by Gasteiger charge is 2.50. The van der Waals surface area contributed by atoms with Gasteiger partial charge in [-0.1, -0.05) is 87.5 Å².